The monoisotopic (exact) mass is 716 g/mol. The second-order valence-electron chi connectivity index (χ2n) is 11.1. The number of non-ortho nitro benzene ring substituents is 1. The van der Waals surface area contributed by atoms with Gasteiger partial charge in [0, 0.05) is 50.7 Å². The van der Waals surface area contributed by atoms with Crippen LogP contribution in [0.5, 0.6) is 0 Å². The number of rotatable bonds is 7. The number of piperidine rings is 1. The molecule has 4 heterocycles. The predicted molar refractivity (Wildman–Crippen MR) is 174 cm³/mol. The Hall–Kier alpha value is -4.89. The summed E-state index contributed by atoms with van der Waals surface area (Å²) in [5, 5.41) is 24.8. The fourth-order valence-corrected chi connectivity index (χ4v) is 7.07. The van der Waals surface area contributed by atoms with Gasteiger partial charge in [0.05, 0.1) is 41.7 Å². The number of aromatic nitrogens is 5. The molecule has 1 atom stereocenters. The van der Waals surface area contributed by atoms with Crippen LogP contribution in [0.15, 0.2) is 93.4 Å². The number of nitrogens with zero attached hydrogens (tertiary/aromatic N) is 8. The number of hydrogen-bond acceptors (Lipinski definition) is 8. The van der Waals surface area contributed by atoms with Crippen molar-refractivity contribution in [2.45, 2.75) is 41.8 Å². The Bertz CT molecular complexity index is 2020. The molecule has 0 spiro atoms. The summed E-state index contributed by atoms with van der Waals surface area (Å²) in [4.78, 5) is 42.6. The van der Waals surface area contributed by atoms with Crippen LogP contribution < -0.4 is 4.90 Å². The summed E-state index contributed by atoms with van der Waals surface area (Å²) in [5.74, 6) is -0.940. The maximum absolute atomic E-state index is 14.5. The first-order valence-corrected chi connectivity index (χ1v) is 16.4. The topological polar surface area (TPSA) is 132 Å². The molecule has 1 fully saturated rings. The number of carbonyl (C=O) groups excluding carboxylic acids is 2. The zero-order chi connectivity index (χ0) is 32.7. The minimum atomic E-state index is -0.559. The minimum absolute atomic E-state index is 0.0650. The zero-order valence-electron chi connectivity index (χ0n) is 24.7. The van der Waals surface area contributed by atoms with E-state index in [1.54, 1.807) is 49.8 Å². The summed E-state index contributed by atoms with van der Waals surface area (Å²) in [5.41, 5.74) is 2.59. The summed E-state index contributed by atoms with van der Waals surface area (Å²) in [6.07, 6.45) is 4.83. The van der Waals surface area contributed by atoms with Crippen molar-refractivity contribution < 1.29 is 18.9 Å². The first kappa shape index (κ1) is 30.7. The molecule has 47 heavy (non-hydrogen) atoms. The van der Waals surface area contributed by atoms with Crippen LogP contribution >= 0.6 is 27.7 Å². The lowest BCUT2D eigenvalue weighted by atomic mass is 10.0. The second-order valence-corrected chi connectivity index (χ2v) is 13.1. The van der Waals surface area contributed by atoms with Gasteiger partial charge in [0.1, 0.15) is 17.6 Å². The highest BCUT2D eigenvalue weighted by Crippen LogP contribution is 2.36. The Balaban J connectivity index is 1.14. The molecular formula is C32H26BrFN8O4S. The number of nitro benzene ring substituents is 1. The van der Waals surface area contributed by atoms with Crippen LogP contribution in [0.4, 0.5) is 15.8 Å². The van der Waals surface area contributed by atoms with Gasteiger partial charge in [-0.1, -0.05) is 45.0 Å². The number of amides is 2. The van der Waals surface area contributed by atoms with E-state index in [0.717, 1.165) is 34.0 Å². The van der Waals surface area contributed by atoms with Crippen LogP contribution in [0.25, 0.3) is 11.3 Å². The highest BCUT2D eigenvalue weighted by atomic mass is 79.9. The first-order chi connectivity index (χ1) is 22.8. The highest BCUT2D eigenvalue weighted by molar-refractivity contribution is 9.10. The Morgan fingerprint density at radius 1 is 1.04 bits per heavy atom. The third-order valence-electron chi connectivity index (χ3n) is 8.27. The fraction of sp³-hybridized carbons (Fsp3) is 0.219. The van der Waals surface area contributed by atoms with E-state index in [1.165, 1.54) is 24.3 Å². The Labute approximate surface area is 280 Å². The van der Waals surface area contributed by atoms with E-state index >= 15 is 0 Å². The number of nitro groups is 1. The number of benzene rings is 3. The van der Waals surface area contributed by atoms with Gasteiger partial charge < -0.3 is 9.80 Å². The molecule has 0 bridgehead atoms. The minimum Gasteiger partial charge on any atom is -0.331 e. The lowest BCUT2D eigenvalue weighted by Crippen LogP contribution is -2.42. The lowest BCUT2D eigenvalue weighted by Gasteiger charge is -2.32. The highest BCUT2D eigenvalue weighted by Gasteiger charge is 2.33. The molecule has 15 heteroatoms. The van der Waals surface area contributed by atoms with Crippen molar-refractivity contribution in [3.8, 4) is 11.3 Å². The van der Waals surface area contributed by atoms with Gasteiger partial charge >= 0.3 is 0 Å². The smallest absolute Gasteiger partial charge is 0.270 e. The summed E-state index contributed by atoms with van der Waals surface area (Å²) in [6.45, 7) is 1.48. The van der Waals surface area contributed by atoms with Crippen LogP contribution in [0.1, 0.15) is 34.9 Å². The first-order valence-electron chi connectivity index (χ1n) is 14.8. The van der Waals surface area contributed by atoms with Crippen molar-refractivity contribution in [2.75, 3.05) is 18.0 Å². The van der Waals surface area contributed by atoms with E-state index in [2.05, 4.69) is 31.3 Å². The maximum atomic E-state index is 14.5. The molecule has 0 N–H and O–H groups in total. The molecule has 5 aromatic rings. The molecule has 2 aliphatic rings. The van der Waals surface area contributed by atoms with E-state index in [0.29, 0.717) is 47.1 Å². The molecule has 2 amide bonds. The predicted octanol–water partition coefficient (Wildman–Crippen LogP) is 6.13. The molecule has 1 unspecified atom stereocenters. The summed E-state index contributed by atoms with van der Waals surface area (Å²) in [7, 11) is 0. The van der Waals surface area contributed by atoms with Crippen LogP contribution in [0.3, 0.4) is 0 Å². The summed E-state index contributed by atoms with van der Waals surface area (Å²) < 4.78 is 18.8. The van der Waals surface area contributed by atoms with Crippen LogP contribution in [-0.4, -0.2) is 59.5 Å². The van der Waals surface area contributed by atoms with Crippen molar-refractivity contribution in [3.05, 3.63) is 111 Å². The van der Waals surface area contributed by atoms with Gasteiger partial charge in [0.2, 0.25) is 0 Å². The number of carbonyl (C=O) groups is 2. The molecule has 12 nitrogen and oxygen atoms in total. The molecule has 0 aliphatic carbocycles. The molecule has 1 saturated heterocycles. The van der Waals surface area contributed by atoms with Crippen LogP contribution in [0.2, 0.25) is 0 Å². The van der Waals surface area contributed by atoms with E-state index in [4.69, 9.17) is 0 Å². The van der Waals surface area contributed by atoms with Crippen molar-refractivity contribution >= 4 is 50.9 Å². The Morgan fingerprint density at radius 2 is 1.85 bits per heavy atom. The zero-order valence-corrected chi connectivity index (χ0v) is 27.1. The van der Waals surface area contributed by atoms with Gasteiger partial charge in [-0.2, -0.15) is 5.10 Å². The largest absolute Gasteiger partial charge is 0.331 e. The quantitative estimate of drug-likeness (QED) is 0.145. The number of hydrogen-bond donors (Lipinski definition) is 0. The normalized spacial score (nSPS) is 16.3. The van der Waals surface area contributed by atoms with Gasteiger partial charge in [-0.3, -0.25) is 24.4 Å². The van der Waals surface area contributed by atoms with Crippen LogP contribution in [0, 0.1) is 15.9 Å². The van der Waals surface area contributed by atoms with Crippen molar-refractivity contribution in [3.63, 3.8) is 0 Å². The average Bonchev–Trinajstić information content (AvgIpc) is 3.73. The van der Waals surface area contributed by atoms with Crippen molar-refractivity contribution in [1.82, 2.24) is 29.7 Å². The number of fused-ring (bicyclic) bond motifs is 1. The summed E-state index contributed by atoms with van der Waals surface area (Å²) >= 11 is 4.48. The van der Waals surface area contributed by atoms with Crippen molar-refractivity contribution in [2.24, 2.45) is 0 Å². The Morgan fingerprint density at radius 3 is 2.64 bits per heavy atom. The van der Waals surface area contributed by atoms with Crippen molar-refractivity contribution in [1.29, 1.82) is 0 Å². The van der Waals surface area contributed by atoms with Gasteiger partial charge in [0.15, 0.2) is 0 Å². The van der Waals surface area contributed by atoms with Gasteiger partial charge in [-0.05, 0) is 55.3 Å². The summed E-state index contributed by atoms with van der Waals surface area (Å²) in [6, 6.07) is 17.3. The standard InChI is InChI=1S/C32H26BrFN8O4S/c33-20-7-9-21(10-8-20)39-13-3-5-27(32(39)44)41-18-26(36-37-41)24-17-35-40-15-14-38(19-28(24)40)31(43)23-16-22(42(45)46)11-12-29(23)47-30-6-2-1-4-25(30)34/h1-2,4,6-12,16-18,27H,3,5,13-15,19H2. The molecule has 0 saturated carbocycles. The molecule has 2 aromatic heterocycles. The second kappa shape index (κ2) is 12.7. The molecular weight excluding hydrogens is 691 g/mol. The number of halogens is 2. The molecule has 7 rings (SSSR count). The molecule has 3 aromatic carbocycles. The molecule has 238 valence electrons. The van der Waals surface area contributed by atoms with E-state index in [-0.39, 0.29) is 23.7 Å². The molecule has 2 aliphatic heterocycles. The van der Waals surface area contributed by atoms with Crippen LogP contribution in [-0.2, 0) is 17.9 Å². The number of anilines is 1. The van der Waals surface area contributed by atoms with Gasteiger partial charge in [-0.25, -0.2) is 9.07 Å². The van der Waals surface area contributed by atoms with E-state index in [1.807, 2.05) is 24.3 Å². The lowest BCUT2D eigenvalue weighted by molar-refractivity contribution is -0.384. The third kappa shape index (κ3) is 6.03. The van der Waals surface area contributed by atoms with Gasteiger partial charge in [-0.15, -0.1) is 5.10 Å². The Kier molecular flexibility index (Phi) is 8.32. The molecule has 0 radical (unpaired) electrons. The maximum Gasteiger partial charge on any atom is 0.270 e. The fourth-order valence-electron chi connectivity index (χ4n) is 5.87. The third-order valence-corrected chi connectivity index (χ3v) is 9.93. The van der Waals surface area contributed by atoms with Gasteiger partial charge in [0.25, 0.3) is 17.5 Å². The van der Waals surface area contributed by atoms with E-state index in [9.17, 15) is 24.1 Å². The van der Waals surface area contributed by atoms with E-state index < -0.39 is 22.7 Å². The SMILES string of the molecule is O=C(c1cc([N+](=O)[O-])ccc1Sc1ccccc1F)N1CCn2ncc(-c3cn(C4CCCN(c5ccc(Br)cc5)C4=O)nn3)c2C1. The average molecular weight is 718 g/mol.